The molecule has 21 heavy (non-hydrogen) atoms. The van der Waals surface area contributed by atoms with Crippen LogP contribution in [0.15, 0.2) is 18.2 Å². The summed E-state index contributed by atoms with van der Waals surface area (Å²) in [5.74, 6) is -2.06. The molecule has 1 fully saturated rings. The van der Waals surface area contributed by atoms with E-state index in [0.29, 0.717) is 6.42 Å². The van der Waals surface area contributed by atoms with Crippen LogP contribution in [0.1, 0.15) is 37.4 Å². The summed E-state index contributed by atoms with van der Waals surface area (Å²) in [6, 6.07) is 3.39. The van der Waals surface area contributed by atoms with E-state index in [1.807, 2.05) is 0 Å². The van der Waals surface area contributed by atoms with Crippen molar-refractivity contribution >= 4 is 5.91 Å². The molecule has 3 unspecified atom stereocenters. The summed E-state index contributed by atoms with van der Waals surface area (Å²) >= 11 is 0. The molecule has 4 N–H and O–H groups in total. The quantitative estimate of drug-likeness (QED) is 0.791. The zero-order valence-electron chi connectivity index (χ0n) is 11.7. The number of carbonyl (C=O) groups excluding carboxylic acids is 1. The van der Waals surface area contributed by atoms with E-state index in [9.17, 15) is 18.7 Å². The minimum atomic E-state index is -1.41. The van der Waals surface area contributed by atoms with Crippen LogP contribution in [0.2, 0.25) is 0 Å². The van der Waals surface area contributed by atoms with Gasteiger partial charge in [0, 0.05) is 18.5 Å². The Balaban J connectivity index is 1.91. The summed E-state index contributed by atoms with van der Waals surface area (Å²) in [5.41, 5.74) is 5.40. The molecule has 116 valence electrons. The molecule has 0 radical (unpaired) electrons. The van der Waals surface area contributed by atoms with E-state index in [-0.39, 0.29) is 24.4 Å². The average Bonchev–Trinajstić information content (AvgIpc) is 2.44. The van der Waals surface area contributed by atoms with Gasteiger partial charge in [0.25, 0.3) is 0 Å². The van der Waals surface area contributed by atoms with Gasteiger partial charge in [-0.05, 0) is 31.4 Å². The molecule has 2 rings (SSSR count). The van der Waals surface area contributed by atoms with Gasteiger partial charge in [0.2, 0.25) is 5.91 Å². The molecule has 4 nitrogen and oxygen atoms in total. The molecule has 1 aliphatic rings. The number of carbonyl (C=O) groups is 1. The second kappa shape index (κ2) is 6.95. The lowest BCUT2D eigenvalue weighted by Crippen LogP contribution is -2.39. The van der Waals surface area contributed by atoms with Gasteiger partial charge in [0.05, 0.1) is 5.56 Å². The molecule has 1 saturated carbocycles. The van der Waals surface area contributed by atoms with Crippen LogP contribution in [0.25, 0.3) is 0 Å². The maximum atomic E-state index is 13.5. The molecule has 0 spiro atoms. The zero-order valence-corrected chi connectivity index (χ0v) is 11.7. The number of aliphatic hydroxyl groups excluding tert-OH is 1. The van der Waals surface area contributed by atoms with Crippen molar-refractivity contribution in [1.82, 2.24) is 5.32 Å². The van der Waals surface area contributed by atoms with E-state index in [1.54, 1.807) is 0 Å². The Bertz CT molecular complexity index is 490. The molecule has 1 aliphatic carbocycles. The monoisotopic (exact) mass is 298 g/mol. The number of hydrogen-bond donors (Lipinski definition) is 3. The van der Waals surface area contributed by atoms with Crippen molar-refractivity contribution in [3.05, 3.63) is 35.4 Å². The highest BCUT2D eigenvalue weighted by Crippen LogP contribution is 2.24. The molecule has 0 heterocycles. The van der Waals surface area contributed by atoms with Crippen molar-refractivity contribution in [1.29, 1.82) is 0 Å². The lowest BCUT2D eigenvalue weighted by Gasteiger charge is -2.26. The predicted octanol–water partition coefficient (Wildman–Crippen LogP) is 1.63. The SMILES string of the molecule is NC1CCCC(C(=O)NCC(O)c2c(F)cccc2F)C1. The topological polar surface area (TPSA) is 75.4 Å². The first-order valence-electron chi connectivity index (χ1n) is 7.14. The van der Waals surface area contributed by atoms with E-state index < -0.39 is 23.3 Å². The molecule has 0 aromatic heterocycles. The number of nitrogens with two attached hydrogens (primary N) is 1. The summed E-state index contributed by atoms with van der Waals surface area (Å²) in [6.07, 6.45) is 1.75. The lowest BCUT2D eigenvalue weighted by molar-refractivity contribution is -0.126. The van der Waals surface area contributed by atoms with Crippen LogP contribution in [0.5, 0.6) is 0 Å². The van der Waals surface area contributed by atoms with Gasteiger partial charge in [-0.2, -0.15) is 0 Å². The molecule has 0 bridgehead atoms. The Morgan fingerprint density at radius 2 is 2.05 bits per heavy atom. The van der Waals surface area contributed by atoms with Gasteiger partial charge in [-0.25, -0.2) is 8.78 Å². The summed E-state index contributed by atoms with van der Waals surface area (Å²) in [6.45, 7) is -0.220. The number of amides is 1. The van der Waals surface area contributed by atoms with Crippen LogP contribution in [0.4, 0.5) is 8.78 Å². The first-order valence-corrected chi connectivity index (χ1v) is 7.14. The number of aliphatic hydroxyl groups is 1. The molecule has 1 aromatic rings. The van der Waals surface area contributed by atoms with Crippen molar-refractivity contribution in [2.75, 3.05) is 6.54 Å². The van der Waals surface area contributed by atoms with Crippen LogP contribution >= 0.6 is 0 Å². The van der Waals surface area contributed by atoms with E-state index in [4.69, 9.17) is 5.73 Å². The lowest BCUT2D eigenvalue weighted by atomic mass is 9.85. The smallest absolute Gasteiger partial charge is 0.223 e. The summed E-state index contributed by atoms with van der Waals surface area (Å²) < 4.78 is 27.0. The molecule has 3 atom stereocenters. The standard InChI is InChI=1S/C15H20F2N2O2/c16-11-5-2-6-12(17)14(11)13(20)8-19-15(21)9-3-1-4-10(18)7-9/h2,5-6,9-10,13,20H,1,3-4,7-8,18H2,(H,19,21). The van der Waals surface area contributed by atoms with Gasteiger partial charge < -0.3 is 16.2 Å². The van der Waals surface area contributed by atoms with Gasteiger partial charge in [-0.1, -0.05) is 12.5 Å². The molecular formula is C15H20F2N2O2. The Morgan fingerprint density at radius 3 is 2.67 bits per heavy atom. The van der Waals surface area contributed by atoms with Gasteiger partial charge >= 0.3 is 0 Å². The molecule has 0 saturated heterocycles. The minimum absolute atomic E-state index is 0.0171. The average molecular weight is 298 g/mol. The molecule has 1 aromatic carbocycles. The summed E-state index contributed by atoms with van der Waals surface area (Å²) in [4.78, 5) is 12.0. The Hall–Kier alpha value is -1.53. The fourth-order valence-electron chi connectivity index (χ4n) is 2.74. The van der Waals surface area contributed by atoms with E-state index in [2.05, 4.69) is 5.32 Å². The van der Waals surface area contributed by atoms with Gasteiger partial charge in [0.1, 0.15) is 17.7 Å². The van der Waals surface area contributed by atoms with Crippen LogP contribution in [0.3, 0.4) is 0 Å². The van der Waals surface area contributed by atoms with Gasteiger partial charge in [-0.3, -0.25) is 4.79 Å². The summed E-state index contributed by atoms with van der Waals surface area (Å²) in [5, 5.41) is 12.4. The first kappa shape index (κ1) is 15.9. The molecule has 0 aliphatic heterocycles. The zero-order chi connectivity index (χ0) is 15.4. The number of halogens is 2. The third-order valence-electron chi connectivity index (χ3n) is 3.89. The maximum absolute atomic E-state index is 13.5. The molecule has 1 amide bonds. The normalized spacial score (nSPS) is 23.6. The number of nitrogens with one attached hydrogen (secondary N) is 1. The van der Waals surface area contributed by atoms with Crippen molar-refractivity contribution in [3.63, 3.8) is 0 Å². The van der Waals surface area contributed by atoms with Crippen LogP contribution < -0.4 is 11.1 Å². The van der Waals surface area contributed by atoms with Crippen molar-refractivity contribution < 1.29 is 18.7 Å². The van der Waals surface area contributed by atoms with Crippen molar-refractivity contribution in [3.8, 4) is 0 Å². The highest BCUT2D eigenvalue weighted by atomic mass is 19.1. The van der Waals surface area contributed by atoms with E-state index >= 15 is 0 Å². The third kappa shape index (κ3) is 3.98. The van der Waals surface area contributed by atoms with E-state index in [0.717, 1.165) is 31.4 Å². The highest BCUT2D eigenvalue weighted by molar-refractivity contribution is 5.78. The second-order valence-electron chi connectivity index (χ2n) is 5.52. The minimum Gasteiger partial charge on any atom is -0.386 e. The van der Waals surface area contributed by atoms with Gasteiger partial charge in [-0.15, -0.1) is 0 Å². The Labute approximate surface area is 122 Å². The van der Waals surface area contributed by atoms with Crippen molar-refractivity contribution in [2.45, 2.75) is 37.8 Å². The predicted molar refractivity (Wildman–Crippen MR) is 74.3 cm³/mol. The Kier molecular flexibility index (Phi) is 5.25. The highest BCUT2D eigenvalue weighted by Gasteiger charge is 2.26. The fraction of sp³-hybridized carbons (Fsp3) is 0.533. The molecule has 6 heteroatoms. The molecular weight excluding hydrogens is 278 g/mol. The van der Waals surface area contributed by atoms with Crippen molar-refractivity contribution in [2.24, 2.45) is 11.7 Å². The fourth-order valence-corrected chi connectivity index (χ4v) is 2.74. The van der Waals surface area contributed by atoms with E-state index in [1.165, 1.54) is 6.07 Å². The maximum Gasteiger partial charge on any atom is 0.223 e. The number of rotatable bonds is 4. The van der Waals surface area contributed by atoms with Gasteiger partial charge in [0.15, 0.2) is 0 Å². The largest absolute Gasteiger partial charge is 0.386 e. The number of hydrogen-bond acceptors (Lipinski definition) is 3. The Morgan fingerprint density at radius 1 is 1.38 bits per heavy atom. The number of benzene rings is 1. The van der Waals surface area contributed by atoms with Crippen LogP contribution in [0, 0.1) is 17.6 Å². The first-order chi connectivity index (χ1) is 9.99. The summed E-state index contributed by atoms with van der Waals surface area (Å²) in [7, 11) is 0. The third-order valence-corrected chi connectivity index (χ3v) is 3.89. The van der Waals surface area contributed by atoms with Crippen LogP contribution in [-0.4, -0.2) is 23.6 Å². The van der Waals surface area contributed by atoms with Crippen LogP contribution in [-0.2, 0) is 4.79 Å². The second-order valence-corrected chi connectivity index (χ2v) is 5.52.